The maximum absolute atomic E-state index is 12.7. The quantitative estimate of drug-likeness (QED) is 0.645. The first-order valence-corrected chi connectivity index (χ1v) is 8.96. The molecule has 25 heavy (non-hydrogen) atoms. The molecule has 0 fully saturated rings. The van der Waals surface area contributed by atoms with E-state index in [1.807, 2.05) is 26.0 Å². The molecule has 0 saturated carbocycles. The average Bonchev–Trinajstić information content (AvgIpc) is 2.89. The molecular formula is C18H17ClN2O3S. The third-order valence-electron chi connectivity index (χ3n) is 4.20. The minimum absolute atomic E-state index is 0.0594. The van der Waals surface area contributed by atoms with E-state index < -0.39 is 12.0 Å². The van der Waals surface area contributed by atoms with Crippen molar-refractivity contribution in [1.29, 1.82) is 0 Å². The van der Waals surface area contributed by atoms with E-state index in [4.69, 9.17) is 16.3 Å². The lowest BCUT2D eigenvalue weighted by Gasteiger charge is -2.14. The van der Waals surface area contributed by atoms with E-state index in [0.717, 1.165) is 16.0 Å². The summed E-state index contributed by atoms with van der Waals surface area (Å²) in [5.41, 5.74) is 1.40. The number of thiophene rings is 1. The van der Waals surface area contributed by atoms with Gasteiger partial charge in [-0.2, -0.15) is 0 Å². The standard InChI is InChI=1S/C18H17ClN2O3S/c1-10-12(3)25-16-15(10)17(22)21(9-20-16)11(2)18(23)24-8-13-6-4-5-7-14(13)19/h4-7,9,11H,8H2,1-3H3/t11-/m0/s1. The van der Waals surface area contributed by atoms with Crippen molar-refractivity contribution in [3.05, 3.63) is 62.0 Å². The fourth-order valence-electron chi connectivity index (χ4n) is 2.52. The van der Waals surface area contributed by atoms with Crippen LogP contribution in [0.5, 0.6) is 0 Å². The van der Waals surface area contributed by atoms with E-state index in [1.54, 1.807) is 19.1 Å². The summed E-state index contributed by atoms with van der Waals surface area (Å²) in [5.74, 6) is -0.507. The third kappa shape index (κ3) is 3.32. The highest BCUT2D eigenvalue weighted by atomic mass is 35.5. The molecule has 2 aromatic heterocycles. The summed E-state index contributed by atoms with van der Waals surface area (Å²) in [6.07, 6.45) is 1.40. The topological polar surface area (TPSA) is 61.2 Å². The van der Waals surface area contributed by atoms with Gasteiger partial charge in [0.2, 0.25) is 0 Å². The molecule has 3 aromatic rings. The highest BCUT2D eigenvalue weighted by Crippen LogP contribution is 2.26. The molecule has 0 bridgehead atoms. The molecule has 0 spiro atoms. The Hall–Kier alpha value is -2.18. The minimum Gasteiger partial charge on any atom is -0.459 e. The number of fused-ring (bicyclic) bond motifs is 1. The lowest BCUT2D eigenvalue weighted by molar-refractivity contribution is -0.148. The zero-order chi connectivity index (χ0) is 18.1. The fraction of sp³-hybridized carbons (Fsp3) is 0.278. The number of rotatable bonds is 4. The van der Waals surface area contributed by atoms with Gasteiger partial charge in [-0.05, 0) is 32.4 Å². The molecule has 7 heteroatoms. The highest BCUT2D eigenvalue weighted by molar-refractivity contribution is 7.18. The predicted molar refractivity (Wildman–Crippen MR) is 99.3 cm³/mol. The minimum atomic E-state index is -0.772. The molecule has 0 amide bonds. The van der Waals surface area contributed by atoms with E-state index >= 15 is 0 Å². The molecule has 130 valence electrons. The van der Waals surface area contributed by atoms with Crippen LogP contribution in [0.4, 0.5) is 0 Å². The van der Waals surface area contributed by atoms with Crippen LogP contribution in [0, 0.1) is 13.8 Å². The Morgan fingerprint density at radius 1 is 1.36 bits per heavy atom. The van der Waals surface area contributed by atoms with Crippen LogP contribution in [0.3, 0.4) is 0 Å². The summed E-state index contributed by atoms with van der Waals surface area (Å²) < 4.78 is 6.64. The van der Waals surface area contributed by atoms with E-state index in [0.29, 0.717) is 15.2 Å². The van der Waals surface area contributed by atoms with Gasteiger partial charge in [-0.25, -0.2) is 9.78 Å². The molecular weight excluding hydrogens is 360 g/mol. The number of carbonyl (C=O) groups excluding carboxylic acids is 1. The summed E-state index contributed by atoms with van der Waals surface area (Å²) in [6.45, 7) is 5.52. The second kappa shape index (κ2) is 6.98. The smallest absolute Gasteiger partial charge is 0.329 e. The lowest BCUT2D eigenvalue weighted by atomic mass is 10.2. The van der Waals surface area contributed by atoms with Crippen LogP contribution in [-0.4, -0.2) is 15.5 Å². The first-order valence-electron chi connectivity index (χ1n) is 7.77. The van der Waals surface area contributed by atoms with E-state index in [9.17, 15) is 9.59 Å². The molecule has 5 nitrogen and oxygen atoms in total. The lowest BCUT2D eigenvalue weighted by Crippen LogP contribution is -2.29. The molecule has 0 N–H and O–H groups in total. The van der Waals surface area contributed by atoms with Gasteiger partial charge in [0.05, 0.1) is 11.7 Å². The molecule has 0 aliphatic carbocycles. The number of aryl methyl sites for hydroxylation is 2. The summed E-state index contributed by atoms with van der Waals surface area (Å²) in [7, 11) is 0. The molecule has 1 atom stereocenters. The van der Waals surface area contributed by atoms with Gasteiger partial charge >= 0.3 is 5.97 Å². The Balaban J connectivity index is 1.84. The molecule has 0 aliphatic heterocycles. The predicted octanol–water partition coefficient (Wildman–Crippen LogP) is 4.03. The number of aromatic nitrogens is 2. The number of halogens is 1. The van der Waals surface area contributed by atoms with E-state index in [-0.39, 0.29) is 12.2 Å². The van der Waals surface area contributed by atoms with Gasteiger partial charge in [0, 0.05) is 15.5 Å². The molecule has 1 aromatic carbocycles. The number of nitrogens with zero attached hydrogens (tertiary/aromatic N) is 2. The van der Waals surface area contributed by atoms with Crippen LogP contribution >= 0.6 is 22.9 Å². The largest absolute Gasteiger partial charge is 0.459 e. The molecule has 3 rings (SSSR count). The number of carbonyl (C=O) groups is 1. The van der Waals surface area contributed by atoms with Gasteiger partial charge in [-0.1, -0.05) is 29.8 Å². The Morgan fingerprint density at radius 2 is 2.08 bits per heavy atom. The van der Waals surface area contributed by atoms with Crippen LogP contribution in [0.2, 0.25) is 5.02 Å². The van der Waals surface area contributed by atoms with Crippen LogP contribution in [0.15, 0.2) is 35.4 Å². The second-order valence-electron chi connectivity index (χ2n) is 5.80. The van der Waals surface area contributed by atoms with Crippen molar-refractivity contribution >= 4 is 39.1 Å². The number of hydrogen-bond acceptors (Lipinski definition) is 5. The first kappa shape index (κ1) is 17.6. The second-order valence-corrected chi connectivity index (χ2v) is 7.41. The van der Waals surface area contributed by atoms with Crippen molar-refractivity contribution in [1.82, 2.24) is 9.55 Å². The van der Waals surface area contributed by atoms with Gasteiger partial charge in [0.15, 0.2) is 0 Å². The molecule has 0 saturated heterocycles. The number of esters is 1. The van der Waals surface area contributed by atoms with Crippen LogP contribution < -0.4 is 5.56 Å². The molecule has 0 radical (unpaired) electrons. The van der Waals surface area contributed by atoms with Crippen molar-refractivity contribution in [2.24, 2.45) is 0 Å². The van der Waals surface area contributed by atoms with Crippen molar-refractivity contribution in [3.63, 3.8) is 0 Å². The monoisotopic (exact) mass is 376 g/mol. The van der Waals surface area contributed by atoms with Gasteiger partial charge in [0.25, 0.3) is 5.56 Å². The zero-order valence-electron chi connectivity index (χ0n) is 14.1. The fourth-order valence-corrected chi connectivity index (χ4v) is 3.70. The SMILES string of the molecule is Cc1sc2ncn([C@@H](C)C(=O)OCc3ccccc3Cl)c(=O)c2c1C. The number of ether oxygens (including phenoxy) is 1. The Kier molecular flexibility index (Phi) is 4.92. The van der Waals surface area contributed by atoms with Crippen LogP contribution in [0.25, 0.3) is 10.2 Å². The van der Waals surface area contributed by atoms with Crippen LogP contribution in [0.1, 0.15) is 29.0 Å². The van der Waals surface area contributed by atoms with Gasteiger partial charge in [0.1, 0.15) is 17.5 Å². The zero-order valence-corrected chi connectivity index (χ0v) is 15.6. The Labute approximate surface area is 153 Å². The average molecular weight is 377 g/mol. The normalized spacial score (nSPS) is 12.3. The summed E-state index contributed by atoms with van der Waals surface area (Å²) in [6, 6.07) is 6.38. The number of hydrogen-bond donors (Lipinski definition) is 0. The van der Waals surface area contributed by atoms with Crippen molar-refractivity contribution in [2.75, 3.05) is 0 Å². The highest BCUT2D eigenvalue weighted by Gasteiger charge is 2.21. The summed E-state index contributed by atoms with van der Waals surface area (Å²) in [5, 5.41) is 1.10. The Morgan fingerprint density at radius 3 is 2.80 bits per heavy atom. The molecule has 0 aliphatic rings. The van der Waals surface area contributed by atoms with Crippen molar-refractivity contribution in [2.45, 2.75) is 33.4 Å². The maximum atomic E-state index is 12.7. The Bertz CT molecular complexity index is 1010. The molecule has 0 unspecified atom stereocenters. The number of benzene rings is 1. The van der Waals surface area contributed by atoms with Crippen LogP contribution in [-0.2, 0) is 16.1 Å². The van der Waals surface area contributed by atoms with Crippen molar-refractivity contribution in [3.8, 4) is 0 Å². The van der Waals surface area contributed by atoms with E-state index in [1.165, 1.54) is 22.2 Å². The van der Waals surface area contributed by atoms with Gasteiger partial charge in [-0.3, -0.25) is 9.36 Å². The van der Waals surface area contributed by atoms with Crippen molar-refractivity contribution < 1.29 is 9.53 Å². The first-order chi connectivity index (χ1) is 11.9. The van der Waals surface area contributed by atoms with Gasteiger partial charge in [-0.15, -0.1) is 11.3 Å². The summed E-state index contributed by atoms with van der Waals surface area (Å²) in [4.78, 5) is 31.1. The third-order valence-corrected chi connectivity index (χ3v) is 5.68. The molecule has 2 heterocycles. The summed E-state index contributed by atoms with van der Waals surface area (Å²) >= 11 is 7.53. The maximum Gasteiger partial charge on any atom is 0.329 e. The van der Waals surface area contributed by atoms with Gasteiger partial charge < -0.3 is 4.74 Å². The van der Waals surface area contributed by atoms with E-state index in [2.05, 4.69) is 4.98 Å².